The van der Waals surface area contributed by atoms with E-state index in [2.05, 4.69) is 33.0 Å². The third-order valence-electron chi connectivity index (χ3n) is 34.1. The van der Waals surface area contributed by atoms with Crippen LogP contribution in [0.5, 0.6) is 0 Å². The van der Waals surface area contributed by atoms with Gasteiger partial charge in [-0.15, -0.1) is 0 Å². The molecule has 24 heteroatoms. The van der Waals surface area contributed by atoms with E-state index >= 15 is 0 Å². The molecule has 13 N–H and O–H groups in total. The number of amides is 1. The fourth-order valence-electron chi connectivity index (χ4n) is 27.9. The molecule has 6 aromatic rings. The number of allylic oxidation sites excluding steroid dienone is 12. The summed E-state index contributed by atoms with van der Waals surface area (Å²) in [7, 11) is 0. The van der Waals surface area contributed by atoms with E-state index in [4.69, 9.17) is 35.2 Å². The Balaban J connectivity index is 0.000000131. The van der Waals surface area contributed by atoms with E-state index in [-0.39, 0.29) is 95.0 Å². The van der Waals surface area contributed by atoms with E-state index in [1.807, 2.05) is 210 Å². The molecule has 2 saturated heterocycles. The number of aldehydes is 1. The van der Waals surface area contributed by atoms with Crippen molar-refractivity contribution in [3.8, 4) is 0 Å². The molecule has 0 spiro atoms. The first-order valence-electron chi connectivity index (χ1n) is 48.1. The number of hydrogen-bond acceptors (Lipinski definition) is 23. The molecule has 137 heavy (non-hydrogen) atoms. The Labute approximate surface area is 799 Å². The summed E-state index contributed by atoms with van der Waals surface area (Å²) in [5.41, 5.74) is 16.3. The summed E-state index contributed by atoms with van der Waals surface area (Å²) < 4.78 is 31.7. The highest BCUT2D eigenvalue weighted by atomic mass is 16.8. The van der Waals surface area contributed by atoms with Gasteiger partial charge in [-0.05, 0) is 240 Å². The Morgan fingerprint density at radius 3 is 1.16 bits per heavy atom. The number of rotatable bonds is 16. The average molecular weight is 1860 g/mol. The summed E-state index contributed by atoms with van der Waals surface area (Å²) in [4.78, 5) is 98.5. The lowest BCUT2D eigenvalue weighted by molar-refractivity contribution is -0.201. The second kappa shape index (κ2) is 37.3. The van der Waals surface area contributed by atoms with E-state index in [9.17, 15) is 79.2 Å². The minimum atomic E-state index is -2.05. The predicted molar refractivity (Wildman–Crippen MR) is 520 cm³/mol. The van der Waals surface area contributed by atoms with Crippen LogP contribution in [0.1, 0.15) is 207 Å². The van der Waals surface area contributed by atoms with Crippen LogP contribution in [0.4, 0.5) is 21.9 Å². The van der Waals surface area contributed by atoms with Gasteiger partial charge in [-0.1, -0.05) is 222 Å². The zero-order chi connectivity index (χ0) is 97.7. The van der Waals surface area contributed by atoms with E-state index in [1.54, 1.807) is 61.6 Å². The number of ketones is 6. The van der Waals surface area contributed by atoms with Crippen molar-refractivity contribution in [1.29, 1.82) is 0 Å². The molecule has 0 radical (unpaired) electrons. The maximum absolute atomic E-state index is 13.7. The maximum Gasteiger partial charge on any atom is 0.412 e. The van der Waals surface area contributed by atoms with Crippen LogP contribution in [-0.2, 0) is 52.5 Å². The topological polar surface area (TPSA) is 409 Å². The van der Waals surface area contributed by atoms with Gasteiger partial charge in [0, 0.05) is 84.0 Å². The Hall–Kier alpha value is -10.9. The number of ether oxygens (including phenoxy) is 5. The second-order valence-corrected chi connectivity index (χ2v) is 42.7. The number of anilines is 3. The number of hydrogen-bond donors (Lipinski definition) is 11. The molecule has 1 amide bonds. The summed E-state index contributed by atoms with van der Waals surface area (Å²) in [6.07, 6.45) is 29.1. The van der Waals surface area contributed by atoms with Gasteiger partial charge in [0.05, 0.1) is 36.6 Å². The lowest BCUT2D eigenvalue weighted by atomic mass is 9.46. The van der Waals surface area contributed by atoms with Gasteiger partial charge in [-0.3, -0.25) is 38.9 Å². The van der Waals surface area contributed by atoms with Crippen molar-refractivity contribution in [2.75, 3.05) is 36.6 Å². The molecule has 720 valence electrons. The van der Waals surface area contributed by atoms with E-state index in [0.717, 1.165) is 106 Å². The molecule has 11 fully saturated rings. The lowest BCUT2D eigenvalue weighted by Crippen LogP contribution is -2.63. The van der Waals surface area contributed by atoms with Crippen molar-refractivity contribution in [3.63, 3.8) is 0 Å². The fraction of sp³-hybridized carbons (Fsp3) is 0.451. The van der Waals surface area contributed by atoms with Gasteiger partial charge in [0.1, 0.15) is 31.7 Å². The number of carbonyl (C=O) groups excluding carboxylic acids is 8. The molecule has 6 aromatic carbocycles. The number of Topliss-reactive ketones (excluding diaryl/α,β-unsaturated/α-hetero) is 3. The van der Waals surface area contributed by atoms with Crippen LogP contribution in [0.2, 0.25) is 0 Å². The van der Waals surface area contributed by atoms with Gasteiger partial charge in [-0.2, -0.15) is 0 Å². The molecule has 12 aliphatic carbocycles. The lowest BCUT2D eigenvalue weighted by Gasteiger charge is -2.59. The highest BCUT2D eigenvalue weighted by molar-refractivity contribution is 6.03. The predicted octanol–water partition coefficient (Wildman–Crippen LogP) is 15.6. The van der Waals surface area contributed by atoms with Gasteiger partial charge in [0.25, 0.3) is 0 Å². The van der Waals surface area contributed by atoms with Crippen molar-refractivity contribution in [2.45, 2.75) is 211 Å². The normalized spacial score (nSPS) is 37.0. The monoisotopic (exact) mass is 1860 g/mol. The Morgan fingerprint density at radius 1 is 0.453 bits per heavy atom. The number of nitrogens with one attached hydrogen (secondary N) is 1. The number of nitrogen functional groups attached to an aromatic ring is 2. The van der Waals surface area contributed by atoms with Crippen LogP contribution in [0.3, 0.4) is 0 Å². The molecular weight excluding hydrogens is 1740 g/mol. The highest BCUT2D eigenvalue weighted by Gasteiger charge is 2.79. The fourth-order valence-corrected chi connectivity index (χ4v) is 27.9. The summed E-state index contributed by atoms with van der Waals surface area (Å²) in [5, 5.41) is 89.1. The zero-order valence-electron chi connectivity index (χ0n) is 79.1. The molecule has 26 atom stereocenters. The van der Waals surface area contributed by atoms with Gasteiger partial charge < -0.3 is 76.0 Å². The van der Waals surface area contributed by atoms with Gasteiger partial charge in [0.2, 0.25) is 0 Å². The van der Waals surface area contributed by atoms with Crippen LogP contribution in [0.15, 0.2) is 217 Å². The van der Waals surface area contributed by atoms with Crippen molar-refractivity contribution in [3.05, 3.63) is 267 Å². The molecule has 0 unspecified atom stereocenters. The molecule has 0 aromatic heterocycles. The molecule has 9 saturated carbocycles. The first kappa shape index (κ1) is 97.7. The number of nitrogens with two attached hydrogens (primary N) is 2. The standard InChI is InChI=1S/2C36H39NO6.C21H28O6.C20H21NO3/c2*1-34-15-14-26(39)17-24(34)12-13-27-28-18-31-36(30(41)20-38,35(28,2)19-29(40)32(27)34)43-33(42-31)23-10-8-21(9-11-23)6-7-22-4-3-5-25(37)16-22;1-19-6-5-12(23)7-11(19)3-4-13-14-8-16(25)21(27,17(26)10-22)20(14,2)9-15(24)18(13)19;1-20(2,3)24-19(23)21-18-6-4-5-16(13-18)10-7-15-8-11-17(14-22)12-9-15/h2*3-11,14-17,27-29,31-33,38,40H,12-13,18-20,37H2,1-2H3;5-7,13-16,18,22,24-25,27H,3-4,8-10H2,1-2H3;4-14H,1-3H3,(H,21,23)/b2*7-6+;;10-7+/t27-,28-,29-,31+,32+,33+,34-,35-,36+;27-,28-,29-,31+,32+,33-,34-,35-,36+;13-,14-,15-,16+,18+,19-,20-,21-;/m000./s1. The van der Waals surface area contributed by atoms with E-state index in [1.165, 1.54) is 0 Å². The smallest absolute Gasteiger partial charge is 0.412 e. The molecule has 2 heterocycles. The van der Waals surface area contributed by atoms with Crippen molar-refractivity contribution >= 4 is 101 Å². The van der Waals surface area contributed by atoms with Crippen molar-refractivity contribution in [1.82, 2.24) is 0 Å². The van der Waals surface area contributed by atoms with Crippen LogP contribution in [0.25, 0.3) is 36.5 Å². The molecule has 0 bridgehead atoms. The van der Waals surface area contributed by atoms with Gasteiger partial charge in [-0.25, -0.2) is 4.79 Å². The molecule has 24 nitrogen and oxygen atoms in total. The third-order valence-corrected chi connectivity index (χ3v) is 34.1. The maximum atomic E-state index is 13.7. The minimum Gasteiger partial charge on any atom is -0.444 e. The zero-order valence-corrected chi connectivity index (χ0v) is 79.1. The van der Waals surface area contributed by atoms with Gasteiger partial charge >= 0.3 is 6.09 Å². The van der Waals surface area contributed by atoms with Gasteiger partial charge in [0.15, 0.2) is 64.1 Å². The summed E-state index contributed by atoms with van der Waals surface area (Å²) in [6, 6.07) is 45.8. The average Bonchev–Trinajstić information content (AvgIpc) is 1.53. The summed E-state index contributed by atoms with van der Waals surface area (Å²) >= 11 is 0. The Morgan fingerprint density at radius 2 is 0.796 bits per heavy atom. The molecular formula is C113H127N3O21. The first-order chi connectivity index (χ1) is 65.1. The summed E-state index contributed by atoms with van der Waals surface area (Å²) in [6.45, 7) is 15.5. The van der Waals surface area contributed by atoms with E-state index < -0.39 is 136 Å². The quantitative estimate of drug-likeness (QED) is 0.0243. The number of aliphatic hydroxyl groups excluding tert-OH is 7. The van der Waals surface area contributed by atoms with Crippen LogP contribution >= 0.6 is 0 Å². The largest absolute Gasteiger partial charge is 0.444 e. The number of carbonyl (C=O) groups is 8. The van der Waals surface area contributed by atoms with Crippen molar-refractivity contribution in [2.24, 2.45) is 85.8 Å². The van der Waals surface area contributed by atoms with Crippen molar-refractivity contribution < 1.29 is 103 Å². The number of benzene rings is 6. The minimum absolute atomic E-state index is 0.00207. The summed E-state index contributed by atoms with van der Waals surface area (Å²) in [5.74, 6) is -1.63. The van der Waals surface area contributed by atoms with E-state index in [0.29, 0.717) is 48.3 Å². The number of aliphatic hydroxyl groups is 8. The molecule has 20 rings (SSSR count). The second-order valence-electron chi connectivity index (χ2n) is 42.7. The third kappa shape index (κ3) is 17.2. The SMILES string of the molecule is CC(C)(C)OC(=O)Nc1cccc(/C=C/c2ccc(C=O)cc2)c1.C[C@]12C=CC(=O)C=C1CC[C@@H]1[C@@H]2[C@@H](O)C[C@@]2(C)[C@H]1C[C@@H](O)[C@]2(O)C(=O)CO.C[C@]12C=CC(=O)C=C1CC[C@@H]1[C@@H]2[C@@H](O)C[C@@]2(C)[C@H]1C[C@H]1O[C@@H](c3ccc(/C=C/c4cccc(N)c4)cc3)O[C@]12C(=O)CO.C[C@]12C=CC(=O)C=C1CC[C@@H]1[C@@H]2[C@@H](O)C[C@@]2(C)[C@H]1C[C@H]1O[C@H](c3ccc(/C=C/c4cccc(N)c4)cc3)O[C@]12C(=O)CO. The molecule has 14 aliphatic rings. The van der Waals surface area contributed by atoms with Crippen LogP contribution in [-0.4, -0.2) is 167 Å². The highest BCUT2D eigenvalue weighted by Crippen LogP contribution is 2.74. The van der Waals surface area contributed by atoms with Crippen LogP contribution < -0.4 is 16.8 Å². The Kier molecular flexibility index (Phi) is 26.6. The first-order valence-corrected chi connectivity index (χ1v) is 48.1. The molecule has 2 aliphatic heterocycles. The number of fused-ring (bicyclic) bond motifs is 19. The Bertz CT molecular complexity index is 5790. The van der Waals surface area contributed by atoms with Crippen LogP contribution in [0, 0.1) is 85.8 Å².